The van der Waals surface area contributed by atoms with Gasteiger partial charge in [0, 0.05) is 16.8 Å². The minimum Gasteiger partial charge on any atom is -0.372 e. The van der Waals surface area contributed by atoms with Gasteiger partial charge in [-0.2, -0.15) is 4.98 Å². The number of aromatic nitrogens is 3. The van der Waals surface area contributed by atoms with E-state index >= 15 is 0 Å². The summed E-state index contributed by atoms with van der Waals surface area (Å²) in [6, 6.07) is 0. The first kappa shape index (κ1) is 9.01. The Kier molecular flexibility index (Phi) is 2.29. The molecule has 0 fully saturated rings. The van der Waals surface area contributed by atoms with Crippen LogP contribution < -0.4 is 5.32 Å². The number of aromatic amines is 1. The Bertz CT molecular complexity index is 453. The maximum atomic E-state index is 5.73. The third kappa shape index (κ3) is 1.46. The van der Waals surface area contributed by atoms with Crippen LogP contribution in [0.25, 0.3) is 11.0 Å². The molecule has 0 atom stereocenters. The molecule has 0 amide bonds. The van der Waals surface area contributed by atoms with E-state index < -0.39 is 0 Å². The highest BCUT2D eigenvalue weighted by Gasteiger charge is 2.09. The first-order chi connectivity index (χ1) is 6.22. The molecule has 0 spiro atoms. The van der Waals surface area contributed by atoms with Crippen molar-refractivity contribution in [2.75, 3.05) is 12.4 Å². The lowest BCUT2D eigenvalue weighted by Gasteiger charge is -2.01. The van der Waals surface area contributed by atoms with Crippen LogP contribution in [-0.2, 0) is 0 Å². The highest BCUT2D eigenvalue weighted by Crippen LogP contribution is 2.25. The van der Waals surface area contributed by atoms with Crippen LogP contribution in [0.5, 0.6) is 0 Å². The number of fused-ring (bicyclic) bond motifs is 1. The molecule has 2 aromatic heterocycles. The smallest absolute Gasteiger partial charge is 0.226 e. The van der Waals surface area contributed by atoms with E-state index in [9.17, 15) is 0 Å². The van der Waals surface area contributed by atoms with E-state index in [4.69, 9.17) is 11.6 Å². The van der Waals surface area contributed by atoms with Gasteiger partial charge in [0.05, 0.1) is 5.39 Å². The fourth-order valence-corrected chi connectivity index (χ4v) is 1.98. The molecule has 68 valence electrons. The molecule has 0 aliphatic rings. The maximum Gasteiger partial charge on any atom is 0.226 e. The Hall–Kier alpha value is -0.560. The van der Waals surface area contributed by atoms with Crippen molar-refractivity contribution in [3.05, 3.63) is 15.1 Å². The average Bonchev–Trinajstić information content (AvgIpc) is 2.46. The van der Waals surface area contributed by atoms with E-state index in [1.54, 1.807) is 7.05 Å². The predicted molar refractivity (Wildman–Crippen MR) is 61.2 cm³/mol. The van der Waals surface area contributed by atoms with E-state index in [0.717, 1.165) is 20.4 Å². The fourth-order valence-electron chi connectivity index (χ4n) is 1.15. The Morgan fingerprint density at radius 2 is 2.31 bits per heavy atom. The molecule has 0 saturated carbocycles. The van der Waals surface area contributed by atoms with E-state index in [2.05, 4.69) is 42.9 Å². The molecule has 13 heavy (non-hydrogen) atoms. The van der Waals surface area contributed by atoms with Gasteiger partial charge < -0.3 is 10.3 Å². The van der Waals surface area contributed by atoms with Crippen molar-refractivity contribution < 1.29 is 0 Å². The molecule has 0 aromatic carbocycles. The zero-order valence-corrected chi connectivity index (χ0v) is 9.64. The van der Waals surface area contributed by atoms with Gasteiger partial charge in [0.1, 0.15) is 11.5 Å². The van der Waals surface area contributed by atoms with Gasteiger partial charge in [0.15, 0.2) is 0 Å². The number of nitrogens with zero attached hydrogens (tertiary/aromatic N) is 2. The molecule has 0 unspecified atom stereocenters. The summed E-state index contributed by atoms with van der Waals surface area (Å²) in [7, 11) is 1.81. The second-order valence-corrected chi connectivity index (χ2v) is 3.95. The van der Waals surface area contributed by atoms with E-state index in [-0.39, 0.29) is 5.28 Å². The highest BCUT2D eigenvalue weighted by atomic mass is 127. The van der Waals surface area contributed by atoms with Crippen LogP contribution in [0.1, 0.15) is 0 Å². The molecule has 0 aliphatic carbocycles. The largest absolute Gasteiger partial charge is 0.372 e. The Balaban J connectivity index is 2.85. The van der Waals surface area contributed by atoms with Crippen LogP contribution in [0, 0.1) is 3.57 Å². The molecule has 0 radical (unpaired) electrons. The summed E-state index contributed by atoms with van der Waals surface area (Å²) in [5.41, 5.74) is 0.758. The molecule has 0 saturated heterocycles. The Labute approximate surface area is 93.2 Å². The number of hydrogen-bond donors (Lipinski definition) is 2. The van der Waals surface area contributed by atoms with Crippen molar-refractivity contribution in [2.45, 2.75) is 0 Å². The van der Waals surface area contributed by atoms with Gasteiger partial charge in [-0.25, -0.2) is 4.98 Å². The van der Waals surface area contributed by atoms with E-state index in [1.165, 1.54) is 0 Å². The van der Waals surface area contributed by atoms with Crippen LogP contribution >= 0.6 is 34.2 Å². The van der Waals surface area contributed by atoms with Crippen molar-refractivity contribution in [1.82, 2.24) is 15.0 Å². The number of H-pyrrole nitrogens is 1. The summed E-state index contributed by atoms with van der Waals surface area (Å²) in [4.78, 5) is 11.2. The lowest BCUT2D eigenvalue weighted by molar-refractivity contribution is 1.19. The molecule has 2 rings (SSSR count). The normalized spacial score (nSPS) is 10.7. The average molecular weight is 309 g/mol. The lowest BCUT2D eigenvalue weighted by Crippen LogP contribution is -1.95. The van der Waals surface area contributed by atoms with Crippen molar-refractivity contribution >= 4 is 51.0 Å². The quantitative estimate of drug-likeness (QED) is 0.627. The second kappa shape index (κ2) is 3.30. The van der Waals surface area contributed by atoms with Crippen molar-refractivity contribution in [2.24, 2.45) is 0 Å². The van der Waals surface area contributed by atoms with Crippen LogP contribution in [-0.4, -0.2) is 22.0 Å². The van der Waals surface area contributed by atoms with Gasteiger partial charge in [-0.05, 0) is 34.2 Å². The summed E-state index contributed by atoms with van der Waals surface area (Å²) in [6.45, 7) is 0. The number of rotatable bonds is 1. The van der Waals surface area contributed by atoms with Crippen LogP contribution in [0.15, 0.2) is 6.20 Å². The van der Waals surface area contributed by atoms with Gasteiger partial charge in [0.25, 0.3) is 0 Å². The zero-order chi connectivity index (χ0) is 9.42. The summed E-state index contributed by atoms with van der Waals surface area (Å²) >= 11 is 7.95. The monoisotopic (exact) mass is 308 g/mol. The molecular formula is C7H6ClIN4. The summed E-state index contributed by atoms with van der Waals surface area (Å²) in [5.74, 6) is 0.751. The Morgan fingerprint density at radius 1 is 1.54 bits per heavy atom. The van der Waals surface area contributed by atoms with Crippen LogP contribution in [0.2, 0.25) is 5.28 Å². The molecule has 4 nitrogen and oxygen atoms in total. The lowest BCUT2D eigenvalue weighted by atomic mass is 10.4. The molecule has 6 heteroatoms. The maximum absolute atomic E-state index is 5.73. The van der Waals surface area contributed by atoms with E-state index in [0.29, 0.717) is 0 Å². The van der Waals surface area contributed by atoms with Gasteiger partial charge in [-0.3, -0.25) is 0 Å². The minimum absolute atomic E-state index is 0.245. The topological polar surface area (TPSA) is 53.6 Å². The van der Waals surface area contributed by atoms with Crippen molar-refractivity contribution in [3.63, 3.8) is 0 Å². The highest BCUT2D eigenvalue weighted by molar-refractivity contribution is 14.1. The third-order valence-corrected chi connectivity index (χ3v) is 2.71. The summed E-state index contributed by atoms with van der Waals surface area (Å²) < 4.78 is 1.08. The van der Waals surface area contributed by atoms with E-state index in [1.807, 2.05) is 6.20 Å². The molecule has 2 aromatic rings. The fraction of sp³-hybridized carbons (Fsp3) is 0.143. The zero-order valence-electron chi connectivity index (χ0n) is 6.73. The van der Waals surface area contributed by atoms with Crippen LogP contribution in [0.4, 0.5) is 5.82 Å². The minimum atomic E-state index is 0.245. The Morgan fingerprint density at radius 3 is 3.00 bits per heavy atom. The number of anilines is 1. The van der Waals surface area contributed by atoms with Gasteiger partial charge in [-0.15, -0.1) is 0 Å². The standard InChI is InChI=1S/C7H6ClIN4/c1-10-5-4-3(9)2-11-6(4)13-7(8)12-5/h2H,1H3,(H2,10,11,12,13). The number of hydrogen-bond acceptors (Lipinski definition) is 3. The molecular weight excluding hydrogens is 302 g/mol. The third-order valence-electron chi connectivity index (χ3n) is 1.69. The predicted octanol–water partition coefficient (Wildman–Crippen LogP) is 2.26. The summed E-state index contributed by atoms with van der Waals surface area (Å²) in [5, 5.41) is 4.20. The summed E-state index contributed by atoms with van der Waals surface area (Å²) in [6.07, 6.45) is 1.87. The van der Waals surface area contributed by atoms with Gasteiger partial charge >= 0.3 is 0 Å². The number of halogens is 2. The second-order valence-electron chi connectivity index (χ2n) is 2.45. The molecule has 0 bridgehead atoms. The number of nitrogens with one attached hydrogen (secondary N) is 2. The molecule has 2 heterocycles. The first-order valence-corrected chi connectivity index (χ1v) is 5.06. The van der Waals surface area contributed by atoms with Gasteiger partial charge in [0.2, 0.25) is 5.28 Å². The SMILES string of the molecule is CNc1nc(Cl)nc2[nH]cc(I)c12. The van der Waals surface area contributed by atoms with Gasteiger partial charge in [-0.1, -0.05) is 0 Å². The van der Waals surface area contributed by atoms with Crippen molar-refractivity contribution in [3.8, 4) is 0 Å². The van der Waals surface area contributed by atoms with Crippen LogP contribution in [0.3, 0.4) is 0 Å². The first-order valence-electron chi connectivity index (χ1n) is 3.60. The molecule has 0 aliphatic heterocycles. The van der Waals surface area contributed by atoms with Crippen molar-refractivity contribution in [1.29, 1.82) is 0 Å². The molecule has 2 N–H and O–H groups in total.